The number of thioether (sulfide) groups is 1. The molecule has 2 heterocycles. The Morgan fingerprint density at radius 1 is 1.45 bits per heavy atom. The van der Waals surface area contributed by atoms with Crippen molar-refractivity contribution in [2.24, 2.45) is 0 Å². The second kappa shape index (κ2) is 5.71. The number of nitrogens with one attached hydrogen (secondary N) is 1. The van der Waals surface area contributed by atoms with E-state index >= 15 is 0 Å². The minimum absolute atomic E-state index is 0.0422. The number of carbonyl (C=O) groups excluding carboxylic acids is 1. The summed E-state index contributed by atoms with van der Waals surface area (Å²) in [6.45, 7) is 1.87. The molecule has 0 spiro atoms. The van der Waals surface area contributed by atoms with E-state index in [2.05, 4.69) is 16.5 Å². The SMILES string of the molecule is Cc1cc(CS[C@@H]2CCc3ccccc3NC2=O)no1. The van der Waals surface area contributed by atoms with Gasteiger partial charge < -0.3 is 9.84 Å². The van der Waals surface area contributed by atoms with Gasteiger partial charge in [0.25, 0.3) is 0 Å². The number of aryl methyl sites for hydroxylation is 2. The largest absolute Gasteiger partial charge is 0.361 e. The quantitative estimate of drug-likeness (QED) is 0.942. The number of hydrogen-bond donors (Lipinski definition) is 1. The maximum Gasteiger partial charge on any atom is 0.237 e. The van der Waals surface area contributed by atoms with Crippen LogP contribution in [0.1, 0.15) is 23.4 Å². The molecule has 1 amide bonds. The first-order chi connectivity index (χ1) is 9.72. The number of carbonyl (C=O) groups is 1. The van der Waals surface area contributed by atoms with Crippen molar-refractivity contribution in [3.63, 3.8) is 0 Å². The van der Waals surface area contributed by atoms with Crippen molar-refractivity contribution in [2.75, 3.05) is 5.32 Å². The van der Waals surface area contributed by atoms with Crippen LogP contribution in [0.4, 0.5) is 5.69 Å². The summed E-state index contributed by atoms with van der Waals surface area (Å²) >= 11 is 1.62. The van der Waals surface area contributed by atoms with Gasteiger partial charge in [0.1, 0.15) is 5.76 Å². The lowest BCUT2D eigenvalue weighted by Crippen LogP contribution is -2.23. The summed E-state index contributed by atoms with van der Waals surface area (Å²) in [7, 11) is 0. The Labute approximate surface area is 121 Å². The van der Waals surface area contributed by atoms with Gasteiger partial charge in [0.15, 0.2) is 0 Å². The van der Waals surface area contributed by atoms with Gasteiger partial charge in [-0.3, -0.25) is 4.79 Å². The molecule has 4 nitrogen and oxygen atoms in total. The topological polar surface area (TPSA) is 55.1 Å². The van der Waals surface area contributed by atoms with E-state index in [1.54, 1.807) is 11.8 Å². The number of anilines is 1. The minimum Gasteiger partial charge on any atom is -0.361 e. The molecule has 1 aliphatic heterocycles. The zero-order valence-electron chi connectivity index (χ0n) is 11.3. The van der Waals surface area contributed by atoms with Crippen LogP contribution in [-0.2, 0) is 17.0 Å². The van der Waals surface area contributed by atoms with Gasteiger partial charge >= 0.3 is 0 Å². The Hall–Kier alpha value is -1.75. The van der Waals surface area contributed by atoms with Crippen molar-refractivity contribution in [3.8, 4) is 0 Å². The third kappa shape index (κ3) is 2.88. The first kappa shape index (κ1) is 13.2. The maximum absolute atomic E-state index is 12.2. The molecular formula is C15H16N2O2S. The zero-order chi connectivity index (χ0) is 13.9. The van der Waals surface area contributed by atoms with Crippen LogP contribution in [0, 0.1) is 6.92 Å². The predicted octanol–water partition coefficient (Wildman–Crippen LogP) is 3.17. The number of fused-ring (bicyclic) bond motifs is 1. The number of rotatable bonds is 3. The summed E-state index contributed by atoms with van der Waals surface area (Å²) in [5.41, 5.74) is 3.04. The van der Waals surface area contributed by atoms with Crippen LogP contribution >= 0.6 is 11.8 Å². The van der Waals surface area contributed by atoms with Gasteiger partial charge in [-0.05, 0) is 31.4 Å². The van der Waals surface area contributed by atoms with Crippen LogP contribution in [0.25, 0.3) is 0 Å². The van der Waals surface area contributed by atoms with Crippen LogP contribution in [0.5, 0.6) is 0 Å². The van der Waals surface area contributed by atoms with E-state index in [-0.39, 0.29) is 11.2 Å². The first-order valence-corrected chi connectivity index (χ1v) is 7.70. The number of para-hydroxylation sites is 1. The standard InChI is InChI=1S/C15H16N2O2S/c1-10-8-12(17-19-10)9-20-14-7-6-11-4-2-3-5-13(11)16-15(14)18/h2-5,8,14H,6-7,9H2,1H3,(H,16,18)/t14-/m1/s1. The third-order valence-corrected chi connectivity index (χ3v) is 4.67. The van der Waals surface area contributed by atoms with Gasteiger partial charge in [0.2, 0.25) is 5.91 Å². The number of aromatic nitrogens is 1. The summed E-state index contributed by atoms with van der Waals surface area (Å²) < 4.78 is 5.04. The van der Waals surface area contributed by atoms with Crippen molar-refractivity contribution in [2.45, 2.75) is 30.8 Å². The van der Waals surface area contributed by atoms with Crippen LogP contribution in [0.15, 0.2) is 34.9 Å². The molecule has 5 heteroatoms. The van der Waals surface area contributed by atoms with Gasteiger partial charge in [0, 0.05) is 17.5 Å². The lowest BCUT2D eigenvalue weighted by molar-refractivity contribution is -0.115. The lowest BCUT2D eigenvalue weighted by atomic mass is 10.1. The number of benzene rings is 1. The molecule has 0 aliphatic carbocycles. The van der Waals surface area contributed by atoms with Crippen LogP contribution in [0.2, 0.25) is 0 Å². The Bertz CT molecular complexity index is 624. The van der Waals surface area contributed by atoms with Gasteiger partial charge in [0.05, 0.1) is 10.9 Å². The van der Waals surface area contributed by atoms with Crippen LogP contribution in [0.3, 0.4) is 0 Å². The van der Waals surface area contributed by atoms with E-state index in [0.29, 0.717) is 5.75 Å². The van der Waals surface area contributed by atoms with Crippen molar-refractivity contribution in [1.29, 1.82) is 0 Å². The molecule has 1 aromatic heterocycles. The fourth-order valence-corrected chi connectivity index (χ4v) is 3.32. The second-order valence-electron chi connectivity index (χ2n) is 4.91. The number of hydrogen-bond acceptors (Lipinski definition) is 4. The van der Waals surface area contributed by atoms with Crippen molar-refractivity contribution >= 4 is 23.4 Å². The molecule has 20 heavy (non-hydrogen) atoms. The fraction of sp³-hybridized carbons (Fsp3) is 0.333. The summed E-state index contributed by atoms with van der Waals surface area (Å²) in [6.07, 6.45) is 1.77. The molecule has 0 radical (unpaired) electrons. The van der Waals surface area contributed by atoms with Gasteiger partial charge in [-0.2, -0.15) is 0 Å². The van der Waals surface area contributed by atoms with Gasteiger partial charge in [-0.25, -0.2) is 0 Å². The Kier molecular flexibility index (Phi) is 3.78. The number of nitrogens with zero attached hydrogens (tertiary/aromatic N) is 1. The highest BCUT2D eigenvalue weighted by molar-refractivity contribution is 7.99. The smallest absolute Gasteiger partial charge is 0.237 e. The average molecular weight is 288 g/mol. The summed E-state index contributed by atoms with van der Waals surface area (Å²) in [4.78, 5) is 12.2. The summed E-state index contributed by atoms with van der Waals surface area (Å²) in [5.74, 6) is 1.59. The molecule has 0 saturated carbocycles. The molecular weight excluding hydrogens is 272 g/mol. The van der Waals surface area contributed by atoms with E-state index in [1.807, 2.05) is 31.2 Å². The molecule has 0 fully saturated rings. The normalized spacial score (nSPS) is 18.2. The monoisotopic (exact) mass is 288 g/mol. The van der Waals surface area contributed by atoms with E-state index < -0.39 is 0 Å². The summed E-state index contributed by atoms with van der Waals surface area (Å²) in [6, 6.07) is 9.91. The molecule has 0 saturated heterocycles. The highest BCUT2D eigenvalue weighted by atomic mass is 32.2. The lowest BCUT2D eigenvalue weighted by Gasteiger charge is -2.11. The molecule has 0 unspecified atom stereocenters. The van der Waals surface area contributed by atoms with E-state index in [4.69, 9.17) is 4.52 Å². The fourth-order valence-electron chi connectivity index (χ4n) is 2.32. The van der Waals surface area contributed by atoms with Gasteiger partial charge in [-0.15, -0.1) is 11.8 Å². The molecule has 1 aliphatic rings. The molecule has 0 bridgehead atoms. The first-order valence-electron chi connectivity index (χ1n) is 6.65. The zero-order valence-corrected chi connectivity index (χ0v) is 12.1. The predicted molar refractivity (Wildman–Crippen MR) is 79.7 cm³/mol. The van der Waals surface area contributed by atoms with Crippen molar-refractivity contribution in [1.82, 2.24) is 5.16 Å². The van der Waals surface area contributed by atoms with E-state index in [0.717, 1.165) is 30.0 Å². The molecule has 2 aromatic rings. The Balaban J connectivity index is 1.65. The third-order valence-electron chi connectivity index (χ3n) is 3.35. The minimum atomic E-state index is -0.0422. The van der Waals surface area contributed by atoms with Crippen LogP contribution < -0.4 is 5.32 Å². The molecule has 1 atom stereocenters. The average Bonchev–Trinajstić information content (AvgIpc) is 2.78. The molecule has 104 valence electrons. The summed E-state index contributed by atoms with van der Waals surface area (Å²) in [5, 5.41) is 6.93. The van der Waals surface area contributed by atoms with Gasteiger partial charge in [-0.1, -0.05) is 23.4 Å². The van der Waals surface area contributed by atoms with Crippen molar-refractivity contribution < 1.29 is 9.32 Å². The highest BCUT2D eigenvalue weighted by Crippen LogP contribution is 2.28. The van der Waals surface area contributed by atoms with E-state index in [1.165, 1.54) is 5.56 Å². The van der Waals surface area contributed by atoms with Crippen molar-refractivity contribution in [3.05, 3.63) is 47.3 Å². The van der Waals surface area contributed by atoms with E-state index in [9.17, 15) is 4.79 Å². The maximum atomic E-state index is 12.2. The van der Waals surface area contributed by atoms with Crippen LogP contribution in [-0.4, -0.2) is 16.3 Å². The Morgan fingerprint density at radius 2 is 2.30 bits per heavy atom. The number of amides is 1. The second-order valence-corrected chi connectivity index (χ2v) is 6.10. The molecule has 1 N–H and O–H groups in total. The molecule has 3 rings (SSSR count). The Morgan fingerprint density at radius 3 is 3.10 bits per heavy atom. The molecule has 1 aromatic carbocycles. The highest BCUT2D eigenvalue weighted by Gasteiger charge is 2.24.